The third-order valence-electron chi connectivity index (χ3n) is 3.60. The summed E-state index contributed by atoms with van der Waals surface area (Å²) in [6, 6.07) is 6.01. The molecule has 0 aliphatic carbocycles. The third-order valence-corrected chi connectivity index (χ3v) is 5.58. The number of nitriles is 1. The number of fused-ring (bicyclic) bond motifs is 1. The lowest BCUT2D eigenvalue weighted by atomic mass is 9.86. The van der Waals surface area contributed by atoms with Crippen molar-refractivity contribution in [2.45, 2.75) is 12.8 Å². The average Bonchev–Trinajstić information content (AvgIpc) is 3.13. The number of nitrogen functional groups attached to an aromatic ring is 1. The number of carbonyl (C=O) groups excluding carboxylic acids is 1. The van der Waals surface area contributed by atoms with E-state index in [4.69, 9.17) is 10.5 Å². The van der Waals surface area contributed by atoms with Crippen LogP contribution in [-0.4, -0.2) is 13.1 Å². The van der Waals surface area contributed by atoms with Crippen molar-refractivity contribution in [1.29, 1.82) is 5.26 Å². The molecule has 0 radical (unpaired) electrons. The van der Waals surface area contributed by atoms with Gasteiger partial charge in [0.1, 0.15) is 15.9 Å². The smallest absolute Gasteiger partial charge is 0.336 e. The lowest BCUT2D eigenvalue weighted by molar-refractivity contribution is -0.136. The van der Waals surface area contributed by atoms with Gasteiger partial charge in [-0.15, -0.1) is 22.7 Å². The van der Waals surface area contributed by atoms with Crippen LogP contribution < -0.4 is 11.1 Å². The molecule has 0 saturated heterocycles. The Labute approximate surface area is 135 Å². The molecule has 22 heavy (non-hydrogen) atoms. The van der Waals surface area contributed by atoms with E-state index in [0.29, 0.717) is 16.1 Å². The summed E-state index contributed by atoms with van der Waals surface area (Å²) < 4.78 is 4.94. The number of nitrogens with zero attached hydrogens (tertiary/aromatic N) is 1. The summed E-state index contributed by atoms with van der Waals surface area (Å²) in [6.07, 6.45) is 0. The number of hydrogen-bond acceptors (Lipinski definition) is 7. The monoisotopic (exact) mass is 331 g/mol. The summed E-state index contributed by atoms with van der Waals surface area (Å²) in [7, 11) is 1.36. The second-order valence-electron chi connectivity index (χ2n) is 4.80. The van der Waals surface area contributed by atoms with Crippen LogP contribution in [0.1, 0.15) is 28.2 Å². The molecule has 2 aromatic rings. The molecular formula is C15H13N3O2S2. The van der Waals surface area contributed by atoms with Gasteiger partial charge in [0, 0.05) is 16.1 Å². The fraction of sp³-hybridized carbons (Fsp3) is 0.200. The van der Waals surface area contributed by atoms with Crippen LogP contribution in [0, 0.1) is 11.3 Å². The number of nitrogens with two attached hydrogens (primary N) is 1. The van der Waals surface area contributed by atoms with Crippen molar-refractivity contribution in [3.63, 3.8) is 0 Å². The van der Waals surface area contributed by atoms with E-state index in [1.54, 1.807) is 11.3 Å². The van der Waals surface area contributed by atoms with Gasteiger partial charge in [-0.1, -0.05) is 6.07 Å². The Morgan fingerprint density at radius 1 is 1.55 bits per heavy atom. The van der Waals surface area contributed by atoms with Crippen LogP contribution in [0.25, 0.3) is 0 Å². The van der Waals surface area contributed by atoms with E-state index < -0.39 is 5.97 Å². The number of carbonyl (C=O) groups is 1. The Hall–Kier alpha value is -2.30. The summed E-state index contributed by atoms with van der Waals surface area (Å²) in [5, 5.41) is 15.2. The Balaban J connectivity index is 2.27. The molecule has 1 aliphatic heterocycles. The standard InChI is InChI=1S/C15H13N3O2S2/c1-7-10(15(19)20-2)11(8-4-3-5-21-8)12-13(17)9(6-16)22-14(12)18-7/h3-5,11,18H,17H2,1-2H3/t11-/m0/s1. The van der Waals surface area contributed by atoms with Crippen molar-refractivity contribution >= 4 is 39.3 Å². The minimum absolute atomic E-state index is 0.304. The first-order valence-electron chi connectivity index (χ1n) is 6.50. The predicted octanol–water partition coefficient (Wildman–Crippen LogP) is 3.27. The quantitative estimate of drug-likeness (QED) is 0.825. The minimum atomic E-state index is -0.391. The molecule has 3 N–H and O–H groups in total. The van der Waals surface area contributed by atoms with Crippen molar-refractivity contribution in [1.82, 2.24) is 0 Å². The molecule has 0 spiro atoms. The van der Waals surface area contributed by atoms with Gasteiger partial charge in [-0.3, -0.25) is 0 Å². The molecule has 1 atom stereocenters. The highest BCUT2D eigenvalue weighted by atomic mass is 32.1. The highest BCUT2D eigenvalue weighted by Gasteiger charge is 2.37. The molecule has 7 heteroatoms. The Morgan fingerprint density at radius 3 is 2.91 bits per heavy atom. The van der Waals surface area contributed by atoms with Crippen LogP contribution in [0.4, 0.5) is 10.7 Å². The van der Waals surface area contributed by atoms with E-state index in [9.17, 15) is 10.1 Å². The molecule has 0 saturated carbocycles. The fourth-order valence-corrected chi connectivity index (χ4v) is 4.49. The first-order chi connectivity index (χ1) is 10.6. The van der Waals surface area contributed by atoms with Gasteiger partial charge in [0.2, 0.25) is 0 Å². The van der Waals surface area contributed by atoms with Crippen molar-refractivity contribution in [3.8, 4) is 6.07 Å². The number of allylic oxidation sites excluding steroid dienone is 1. The Kier molecular flexibility index (Phi) is 3.64. The van der Waals surface area contributed by atoms with E-state index in [-0.39, 0.29) is 5.92 Å². The number of hydrogen-bond donors (Lipinski definition) is 2. The van der Waals surface area contributed by atoms with Crippen LogP contribution in [-0.2, 0) is 9.53 Å². The highest BCUT2D eigenvalue weighted by molar-refractivity contribution is 7.17. The second-order valence-corrected chi connectivity index (χ2v) is 6.80. The predicted molar refractivity (Wildman–Crippen MR) is 87.9 cm³/mol. The van der Waals surface area contributed by atoms with Crippen LogP contribution in [0.2, 0.25) is 0 Å². The molecule has 3 heterocycles. The zero-order valence-electron chi connectivity index (χ0n) is 12.0. The largest absolute Gasteiger partial charge is 0.466 e. The number of rotatable bonds is 2. The second kappa shape index (κ2) is 5.48. The summed E-state index contributed by atoms with van der Waals surface area (Å²) >= 11 is 2.86. The van der Waals surface area contributed by atoms with Gasteiger partial charge in [0.15, 0.2) is 0 Å². The van der Waals surface area contributed by atoms with Crippen molar-refractivity contribution in [2.24, 2.45) is 0 Å². The van der Waals surface area contributed by atoms with Gasteiger partial charge >= 0.3 is 5.97 Å². The van der Waals surface area contributed by atoms with Crippen LogP contribution in [0.5, 0.6) is 0 Å². The van der Waals surface area contributed by atoms with Gasteiger partial charge in [0.05, 0.1) is 24.3 Å². The van der Waals surface area contributed by atoms with E-state index >= 15 is 0 Å². The third kappa shape index (κ3) is 2.08. The summed E-state index contributed by atoms with van der Waals surface area (Å²) in [5.74, 6) is -0.694. The topological polar surface area (TPSA) is 88.1 Å². The molecule has 1 aliphatic rings. The van der Waals surface area contributed by atoms with E-state index in [1.807, 2.05) is 24.4 Å². The highest BCUT2D eigenvalue weighted by Crippen LogP contribution is 2.50. The van der Waals surface area contributed by atoms with Crippen molar-refractivity contribution in [3.05, 3.63) is 44.1 Å². The summed E-state index contributed by atoms with van der Waals surface area (Å²) in [4.78, 5) is 13.7. The van der Waals surface area contributed by atoms with E-state index in [1.165, 1.54) is 18.4 Å². The number of nitrogens with one attached hydrogen (secondary N) is 1. The normalized spacial score (nSPS) is 16.7. The van der Waals surface area contributed by atoms with Gasteiger partial charge < -0.3 is 15.8 Å². The SMILES string of the molecule is COC(=O)C1=C(C)Nc2sc(C#N)c(N)c2[C@H]1c1cccs1. The number of ether oxygens (including phenoxy) is 1. The summed E-state index contributed by atoms with van der Waals surface area (Å²) in [5.41, 5.74) is 8.64. The Bertz CT molecular complexity index is 813. The number of thiophene rings is 2. The Morgan fingerprint density at radius 2 is 2.32 bits per heavy atom. The molecule has 3 rings (SSSR count). The van der Waals surface area contributed by atoms with Gasteiger partial charge in [-0.25, -0.2) is 4.79 Å². The maximum absolute atomic E-state index is 12.3. The lowest BCUT2D eigenvalue weighted by Gasteiger charge is -2.27. The zero-order chi connectivity index (χ0) is 15.9. The van der Waals surface area contributed by atoms with Gasteiger partial charge in [-0.05, 0) is 18.4 Å². The molecule has 0 fully saturated rings. The van der Waals surface area contributed by atoms with Crippen LogP contribution in [0.15, 0.2) is 28.8 Å². The molecule has 0 unspecified atom stereocenters. The maximum atomic E-state index is 12.3. The lowest BCUT2D eigenvalue weighted by Crippen LogP contribution is -2.23. The van der Waals surface area contributed by atoms with Gasteiger partial charge in [0.25, 0.3) is 0 Å². The zero-order valence-corrected chi connectivity index (χ0v) is 13.6. The van der Waals surface area contributed by atoms with Crippen LogP contribution >= 0.6 is 22.7 Å². The molecule has 0 aromatic carbocycles. The van der Waals surface area contributed by atoms with E-state index in [2.05, 4.69) is 11.4 Å². The molecule has 112 valence electrons. The first-order valence-corrected chi connectivity index (χ1v) is 8.19. The molecule has 2 aromatic heterocycles. The van der Waals surface area contributed by atoms with Crippen LogP contribution in [0.3, 0.4) is 0 Å². The average molecular weight is 331 g/mol. The molecular weight excluding hydrogens is 318 g/mol. The van der Waals surface area contributed by atoms with Gasteiger partial charge in [-0.2, -0.15) is 5.26 Å². The molecule has 0 bridgehead atoms. The number of anilines is 2. The number of esters is 1. The van der Waals surface area contributed by atoms with Crippen molar-refractivity contribution < 1.29 is 9.53 Å². The number of methoxy groups -OCH3 is 1. The minimum Gasteiger partial charge on any atom is -0.466 e. The molecule has 0 amide bonds. The maximum Gasteiger partial charge on any atom is 0.336 e. The van der Waals surface area contributed by atoms with E-state index in [0.717, 1.165) is 21.1 Å². The summed E-state index contributed by atoms with van der Waals surface area (Å²) in [6.45, 7) is 1.83. The first kappa shape index (κ1) is 14.6. The van der Waals surface area contributed by atoms with Crippen molar-refractivity contribution in [2.75, 3.05) is 18.2 Å². The molecule has 5 nitrogen and oxygen atoms in total. The fourth-order valence-electron chi connectivity index (χ4n) is 2.64.